The normalized spacial score (nSPS) is 18.9. The van der Waals surface area contributed by atoms with Gasteiger partial charge in [0.15, 0.2) is 0 Å². The molecule has 5 heteroatoms. The number of hydrogen-bond donors (Lipinski definition) is 0. The molecule has 2 amide bonds. The van der Waals surface area contributed by atoms with Gasteiger partial charge in [0, 0.05) is 17.1 Å². The van der Waals surface area contributed by atoms with Gasteiger partial charge in [0.1, 0.15) is 5.82 Å². The summed E-state index contributed by atoms with van der Waals surface area (Å²) in [5.41, 5.74) is 0.178. The third-order valence-electron chi connectivity index (χ3n) is 2.85. The fourth-order valence-corrected chi connectivity index (χ4v) is 2.38. The molecule has 2 heterocycles. The maximum atomic E-state index is 12.1. The molecule has 0 spiro atoms. The van der Waals surface area contributed by atoms with E-state index in [0.717, 1.165) is 10.0 Å². The zero-order valence-corrected chi connectivity index (χ0v) is 11.5. The van der Waals surface area contributed by atoms with Crippen LogP contribution in [-0.2, 0) is 9.59 Å². The van der Waals surface area contributed by atoms with Crippen LogP contribution >= 0.6 is 15.9 Å². The van der Waals surface area contributed by atoms with Gasteiger partial charge in [0.2, 0.25) is 11.8 Å². The Labute approximate surface area is 108 Å². The number of amides is 2. The summed E-state index contributed by atoms with van der Waals surface area (Å²) in [6, 6.07) is 1.84. The molecule has 0 N–H and O–H groups in total. The summed E-state index contributed by atoms with van der Waals surface area (Å²) in [4.78, 5) is 29.4. The molecule has 0 aromatic carbocycles. The third-order valence-corrected chi connectivity index (χ3v) is 3.29. The van der Waals surface area contributed by atoms with Crippen molar-refractivity contribution in [3.63, 3.8) is 0 Å². The SMILES string of the molecule is Cc1cc(Br)cnc1N1C(=O)CC(C)(C)C1=O. The molecular weight excluding hydrogens is 284 g/mol. The van der Waals surface area contributed by atoms with Gasteiger partial charge in [0.05, 0.1) is 5.41 Å². The Bertz CT molecular complexity index is 511. The molecule has 1 aliphatic rings. The third kappa shape index (κ3) is 1.99. The largest absolute Gasteiger partial charge is 0.274 e. The van der Waals surface area contributed by atoms with Crippen LogP contribution in [0.4, 0.5) is 5.82 Å². The summed E-state index contributed by atoms with van der Waals surface area (Å²) < 4.78 is 0.831. The Morgan fingerprint density at radius 3 is 2.53 bits per heavy atom. The van der Waals surface area contributed by atoms with E-state index in [-0.39, 0.29) is 18.2 Å². The Morgan fingerprint density at radius 1 is 1.41 bits per heavy atom. The van der Waals surface area contributed by atoms with Crippen molar-refractivity contribution in [1.82, 2.24) is 4.98 Å². The van der Waals surface area contributed by atoms with Gasteiger partial charge >= 0.3 is 0 Å². The van der Waals surface area contributed by atoms with Crippen molar-refractivity contribution in [1.29, 1.82) is 0 Å². The van der Waals surface area contributed by atoms with Crippen LogP contribution in [0.1, 0.15) is 25.8 Å². The molecule has 4 nitrogen and oxygen atoms in total. The molecule has 1 saturated heterocycles. The van der Waals surface area contributed by atoms with E-state index < -0.39 is 5.41 Å². The van der Waals surface area contributed by atoms with Crippen LogP contribution in [0.15, 0.2) is 16.7 Å². The lowest BCUT2D eigenvalue weighted by Crippen LogP contribution is -2.34. The number of halogens is 1. The highest BCUT2D eigenvalue weighted by Crippen LogP contribution is 2.35. The molecule has 0 saturated carbocycles. The zero-order chi connectivity index (χ0) is 12.8. The van der Waals surface area contributed by atoms with Gasteiger partial charge < -0.3 is 0 Å². The van der Waals surface area contributed by atoms with E-state index in [0.29, 0.717) is 5.82 Å². The molecule has 2 rings (SSSR count). The monoisotopic (exact) mass is 296 g/mol. The highest BCUT2D eigenvalue weighted by molar-refractivity contribution is 9.10. The van der Waals surface area contributed by atoms with E-state index in [9.17, 15) is 9.59 Å². The summed E-state index contributed by atoms with van der Waals surface area (Å²) in [7, 11) is 0. The van der Waals surface area contributed by atoms with Crippen molar-refractivity contribution in [3.8, 4) is 0 Å². The number of nitrogens with zero attached hydrogens (tertiary/aromatic N) is 2. The minimum atomic E-state index is -0.627. The Balaban J connectivity index is 2.48. The van der Waals surface area contributed by atoms with Gasteiger partial charge in [0.25, 0.3) is 0 Å². The maximum Gasteiger partial charge on any atom is 0.241 e. The zero-order valence-electron chi connectivity index (χ0n) is 9.95. The van der Waals surface area contributed by atoms with Crippen LogP contribution in [0.3, 0.4) is 0 Å². The first-order valence-corrected chi connectivity index (χ1v) is 6.12. The molecule has 0 radical (unpaired) electrons. The van der Waals surface area contributed by atoms with Crippen molar-refractivity contribution >= 4 is 33.6 Å². The summed E-state index contributed by atoms with van der Waals surface area (Å²) >= 11 is 3.31. The Morgan fingerprint density at radius 2 is 2.06 bits per heavy atom. The molecule has 0 aliphatic carbocycles. The highest BCUT2D eigenvalue weighted by Gasteiger charge is 2.46. The quantitative estimate of drug-likeness (QED) is 0.748. The number of aryl methyl sites for hydroxylation is 1. The molecule has 0 bridgehead atoms. The number of carbonyl (C=O) groups is 2. The number of hydrogen-bond acceptors (Lipinski definition) is 3. The van der Waals surface area contributed by atoms with Crippen LogP contribution in [0.5, 0.6) is 0 Å². The fourth-order valence-electron chi connectivity index (χ4n) is 1.93. The average Bonchev–Trinajstić information content (AvgIpc) is 2.39. The molecule has 1 aliphatic heterocycles. The van der Waals surface area contributed by atoms with Gasteiger partial charge in [-0.05, 0) is 34.5 Å². The predicted molar refractivity (Wildman–Crippen MR) is 67.6 cm³/mol. The first-order chi connectivity index (χ1) is 7.83. The first kappa shape index (κ1) is 12.2. The average molecular weight is 297 g/mol. The minimum absolute atomic E-state index is 0.180. The molecular formula is C12H13BrN2O2. The van der Waals surface area contributed by atoms with Crippen LogP contribution in [-0.4, -0.2) is 16.8 Å². The second-order valence-corrected chi connectivity index (χ2v) is 5.80. The molecule has 0 unspecified atom stereocenters. The van der Waals surface area contributed by atoms with Crippen LogP contribution in [0.25, 0.3) is 0 Å². The molecule has 90 valence electrons. The van der Waals surface area contributed by atoms with Crippen LogP contribution in [0.2, 0.25) is 0 Å². The van der Waals surface area contributed by atoms with Gasteiger partial charge in [-0.15, -0.1) is 0 Å². The Hall–Kier alpha value is -1.23. The van der Waals surface area contributed by atoms with E-state index >= 15 is 0 Å². The lowest BCUT2D eigenvalue weighted by molar-refractivity contribution is -0.124. The smallest absolute Gasteiger partial charge is 0.241 e. The topological polar surface area (TPSA) is 50.3 Å². The van der Waals surface area contributed by atoms with E-state index in [2.05, 4.69) is 20.9 Å². The number of imide groups is 1. The standard InChI is InChI=1S/C12H13BrN2O2/c1-7-4-8(13)6-14-10(7)15-9(16)5-12(2,3)11(15)17/h4,6H,5H2,1-3H3. The number of rotatable bonds is 1. The number of anilines is 1. The summed E-state index contributed by atoms with van der Waals surface area (Å²) in [6.07, 6.45) is 1.83. The highest BCUT2D eigenvalue weighted by atomic mass is 79.9. The van der Waals surface area contributed by atoms with Gasteiger partial charge in [-0.3, -0.25) is 9.59 Å². The predicted octanol–water partition coefficient (Wildman–Crippen LogP) is 2.44. The molecule has 0 atom stereocenters. The summed E-state index contributed by atoms with van der Waals surface area (Å²) in [5.74, 6) is 0.0760. The maximum absolute atomic E-state index is 12.1. The lowest BCUT2D eigenvalue weighted by Gasteiger charge is -2.18. The van der Waals surface area contributed by atoms with E-state index in [1.165, 1.54) is 4.90 Å². The second-order valence-electron chi connectivity index (χ2n) is 4.89. The fraction of sp³-hybridized carbons (Fsp3) is 0.417. The summed E-state index contributed by atoms with van der Waals surface area (Å²) in [5, 5.41) is 0. The number of carbonyl (C=O) groups excluding carboxylic acids is 2. The minimum Gasteiger partial charge on any atom is -0.274 e. The molecule has 1 aromatic rings. The molecule has 1 fully saturated rings. The van der Waals surface area contributed by atoms with Gasteiger partial charge in [-0.2, -0.15) is 0 Å². The van der Waals surface area contributed by atoms with Crippen molar-refractivity contribution in [2.24, 2.45) is 5.41 Å². The van der Waals surface area contributed by atoms with Gasteiger partial charge in [-0.1, -0.05) is 13.8 Å². The Kier molecular flexibility index (Phi) is 2.81. The van der Waals surface area contributed by atoms with Crippen molar-refractivity contribution in [2.75, 3.05) is 4.90 Å². The molecule has 1 aromatic heterocycles. The van der Waals surface area contributed by atoms with Gasteiger partial charge in [-0.25, -0.2) is 9.88 Å². The number of aromatic nitrogens is 1. The van der Waals surface area contributed by atoms with Crippen molar-refractivity contribution < 1.29 is 9.59 Å². The van der Waals surface area contributed by atoms with E-state index in [1.807, 2.05) is 13.0 Å². The van der Waals surface area contributed by atoms with Crippen molar-refractivity contribution in [3.05, 3.63) is 22.3 Å². The van der Waals surface area contributed by atoms with E-state index in [4.69, 9.17) is 0 Å². The molecule has 17 heavy (non-hydrogen) atoms. The van der Waals surface area contributed by atoms with E-state index in [1.54, 1.807) is 20.0 Å². The van der Waals surface area contributed by atoms with Crippen LogP contribution in [0, 0.1) is 12.3 Å². The second kappa shape index (κ2) is 3.91. The van der Waals surface area contributed by atoms with Crippen molar-refractivity contribution in [2.45, 2.75) is 27.2 Å². The summed E-state index contributed by atoms with van der Waals surface area (Å²) in [6.45, 7) is 5.39. The van der Waals surface area contributed by atoms with Crippen LogP contribution < -0.4 is 4.90 Å². The lowest BCUT2D eigenvalue weighted by atomic mass is 9.92. The first-order valence-electron chi connectivity index (χ1n) is 5.32. The number of pyridine rings is 1.